The van der Waals surface area contributed by atoms with Gasteiger partial charge in [0.1, 0.15) is 28.4 Å². The molecule has 0 amide bonds. The molecule has 2 unspecified atom stereocenters. The number of aromatic nitrogens is 4. The monoisotopic (exact) mass is 800 g/mol. The van der Waals surface area contributed by atoms with Gasteiger partial charge in [-0.05, 0) is 141 Å². The van der Waals surface area contributed by atoms with Crippen molar-refractivity contribution in [3.8, 4) is 11.8 Å². The number of likely N-dealkylation sites (tertiary alicyclic amines) is 2. The molecular formula is C45H58Cl2N6O3. The lowest BCUT2D eigenvalue weighted by Gasteiger charge is -2.40. The van der Waals surface area contributed by atoms with Gasteiger partial charge in [-0.25, -0.2) is 9.97 Å². The maximum absolute atomic E-state index is 15.4. The van der Waals surface area contributed by atoms with Crippen molar-refractivity contribution in [2.24, 2.45) is 23.7 Å². The molecule has 0 radical (unpaired) electrons. The average Bonchev–Trinajstić information content (AvgIpc) is 3.15. The number of Topliss-reactive ketones (excluding diaryl/α,β-unsaturated/α-hetero) is 1. The first kappa shape index (κ1) is 42.0. The van der Waals surface area contributed by atoms with Gasteiger partial charge in [0.05, 0.1) is 0 Å². The number of benzene rings is 2. The average molecular weight is 802 g/mol. The Morgan fingerprint density at radius 1 is 0.625 bits per heavy atom. The molecule has 2 fully saturated rings. The Labute approximate surface area is 343 Å². The summed E-state index contributed by atoms with van der Waals surface area (Å²) in [5, 5.41) is 1.43. The van der Waals surface area contributed by atoms with Crippen molar-refractivity contribution in [2.75, 3.05) is 26.2 Å². The van der Waals surface area contributed by atoms with Gasteiger partial charge < -0.3 is 9.47 Å². The molecule has 11 heteroatoms. The summed E-state index contributed by atoms with van der Waals surface area (Å²) in [6.45, 7) is 16.9. The molecule has 0 N–H and O–H groups in total. The van der Waals surface area contributed by atoms with Gasteiger partial charge in [-0.1, -0.05) is 59.6 Å². The molecule has 0 bridgehead atoms. The van der Waals surface area contributed by atoms with Crippen molar-refractivity contribution < 1.29 is 14.3 Å². The number of halogens is 2. The molecule has 6 rings (SSSR count). The molecular weight excluding hydrogens is 743 g/mol. The Morgan fingerprint density at radius 3 is 1.34 bits per heavy atom. The predicted octanol–water partition coefficient (Wildman–Crippen LogP) is 9.34. The third-order valence-electron chi connectivity index (χ3n) is 11.0. The number of carbonyl (C=O) groups excluding carboxylic acids is 1. The quantitative estimate of drug-likeness (QED) is 0.124. The molecule has 2 aromatic carbocycles. The first-order chi connectivity index (χ1) is 26.7. The maximum Gasteiger partial charge on any atom is 0.237 e. The minimum Gasteiger partial charge on any atom is -0.471 e. The fraction of sp³-hybridized carbons (Fsp3) is 0.533. The Balaban J connectivity index is 1.21. The van der Waals surface area contributed by atoms with Gasteiger partial charge in [0, 0.05) is 59.8 Å². The van der Waals surface area contributed by atoms with Crippen LogP contribution in [-0.2, 0) is 30.7 Å². The zero-order valence-corrected chi connectivity index (χ0v) is 35.4. The smallest absolute Gasteiger partial charge is 0.237 e. The van der Waals surface area contributed by atoms with Crippen LogP contribution in [0.5, 0.6) is 11.8 Å². The highest BCUT2D eigenvalue weighted by molar-refractivity contribution is 6.31. The van der Waals surface area contributed by atoms with Crippen LogP contribution in [0.15, 0.2) is 73.3 Å². The molecule has 2 saturated heterocycles. The number of rotatable bonds is 14. The number of piperidine rings is 2. The van der Waals surface area contributed by atoms with E-state index in [4.69, 9.17) is 32.7 Å². The molecule has 300 valence electrons. The summed E-state index contributed by atoms with van der Waals surface area (Å²) < 4.78 is 12.3. The van der Waals surface area contributed by atoms with E-state index < -0.39 is 0 Å². The Kier molecular flexibility index (Phi) is 14.1. The van der Waals surface area contributed by atoms with Crippen molar-refractivity contribution >= 4 is 29.0 Å². The van der Waals surface area contributed by atoms with Crippen LogP contribution >= 0.6 is 23.2 Å². The van der Waals surface area contributed by atoms with E-state index in [1.807, 2.05) is 77.9 Å². The molecule has 9 nitrogen and oxygen atoms in total. The first-order valence-electron chi connectivity index (χ1n) is 20.2. The first-order valence-corrected chi connectivity index (χ1v) is 20.9. The number of hydrogen-bond acceptors (Lipinski definition) is 9. The molecule has 56 heavy (non-hydrogen) atoms. The van der Waals surface area contributed by atoms with Crippen LogP contribution in [0.1, 0.15) is 89.7 Å². The maximum atomic E-state index is 15.4. The molecule has 0 saturated carbocycles. The van der Waals surface area contributed by atoms with Crippen molar-refractivity contribution in [3.63, 3.8) is 0 Å². The summed E-state index contributed by atoms with van der Waals surface area (Å²) in [5.41, 5.74) is 3.00. The number of hydrogen-bond donors (Lipinski definition) is 0. The number of nitrogens with zero attached hydrogens (tertiary/aromatic N) is 6. The van der Waals surface area contributed by atoms with Crippen LogP contribution in [0, 0.1) is 23.7 Å². The normalized spacial score (nSPS) is 17.7. The second-order valence-corrected chi connectivity index (χ2v) is 18.3. The Morgan fingerprint density at radius 2 is 0.982 bits per heavy atom. The minimum atomic E-state index is -0.373. The highest BCUT2D eigenvalue weighted by Crippen LogP contribution is 2.39. The van der Waals surface area contributed by atoms with Gasteiger partial charge in [0.2, 0.25) is 11.8 Å². The third-order valence-corrected chi connectivity index (χ3v) is 11.7. The summed E-state index contributed by atoms with van der Waals surface area (Å²) in [4.78, 5) is 38.5. The van der Waals surface area contributed by atoms with Crippen molar-refractivity contribution in [3.05, 3.63) is 106 Å². The number of carbonyl (C=O) groups is 1. The predicted molar refractivity (Wildman–Crippen MR) is 223 cm³/mol. The van der Waals surface area contributed by atoms with E-state index in [0.717, 1.165) is 74.4 Å². The molecule has 0 spiro atoms. The Hall–Kier alpha value is -3.63. The standard InChI is InChI=1S/C45H58Cl2N6O3/c1-44(2,3)55-42-39(48-19-21-50-42)29-52-23-15-31(16-24-52)35(27-33-11-7-9-13-37(33)46)41(54)36(28-34-12-8-10-14-38(34)47)32-17-25-53(26-18-32)30-40-43(51-22-20-49-40)56-45(4,5)6/h7-14,19-22,31-32,35-36H,15-18,23-30H2,1-6H3. The summed E-state index contributed by atoms with van der Waals surface area (Å²) in [6, 6.07) is 16.0. The lowest BCUT2D eigenvalue weighted by molar-refractivity contribution is -0.131. The molecule has 2 aliphatic heterocycles. The van der Waals surface area contributed by atoms with Gasteiger partial charge in [0.15, 0.2) is 0 Å². The van der Waals surface area contributed by atoms with Gasteiger partial charge in [-0.15, -0.1) is 0 Å². The van der Waals surface area contributed by atoms with Gasteiger partial charge in [-0.2, -0.15) is 0 Å². The van der Waals surface area contributed by atoms with Crippen molar-refractivity contribution in [1.29, 1.82) is 0 Å². The molecule has 2 atom stereocenters. The molecule has 4 heterocycles. The highest BCUT2D eigenvalue weighted by Gasteiger charge is 2.40. The van der Waals surface area contributed by atoms with Crippen LogP contribution in [0.4, 0.5) is 0 Å². The minimum absolute atomic E-state index is 0.171. The fourth-order valence-electron chi connectivity index (χ4n) is 8.20. The number of ketones is 1. The largest absolute Gasteiger partial charge is 0.471 e. The van der Waals surface area contributed by atoms with Crippen LogP contribution in [0.3, 0.4) is 0 Å². The van der Waals surface area contributed by atoms with E-state index in [0.29, 0.717) is 53.5 Å². The summed E-state index contributed by atoms with van der Waals surface area (Å²) in [7, 11) is 0. The van der Waals surface area contributed by atoms with Gasteiger partial charge in [-0.3, -0.25) is 24.6 Å². The third kappa shape index (κ3) is 11.7. The SMILES string of the molecule is CC(C)(C)Oc1nccnc1CN1CCC(C(Cc2ccccc2Cl)C(=O)C(Cc2ccccc2Cl)C2CCN(Cc3nccnc3OC(C)(C)C)CC2)CC1. The summed E-state index contributed by atoms with van der Waals surface area (Å²) in [5.74, 6) is 1.59. The fourth-order valence-corrected chi connectivity index (χ4v) is 8.63. The zero-order chi connectivity index (χ0) is 39.9. The number of ether oxygens (including phenoxy) is 2. The van der Waals surface area contributed by atoms with Crippen molar-refractivity contribution in [1.82, 2.24) is 29.7 Å². The van der Waals surface area contributed by atoms with Gasteiger partial charge >= 0.3 is 0 Å². The lowest BCUT2D eigenvalue weighted by Crippen LogP contribution is -2.44. The van der Waals surface area contributed by atoms with Crippen molar-refractivity contribution in [2.45, 2.75) is 104 Å². The second-order valence-electron chi connectivity index (χ2n) is 17.5. The summed E-state index contributed by atoms with van der Waals surface area (Å²) >= 11 is 13.6. The van der Waals surface area contributed by atoms with Crippen LogP contribution in [0.25, 0.3) is 0 Å². The second kappa shape index (κ2) is 18.8. The van der Waals surface area contributed by atoms with E-state index in [2.05, 4.69) is 41.9 Å². The molecule has 2 aromatic heterocycles. The lowest BCUT2D eigenvalue weighted by atomic mass is 9.69. The highest BCUT2D eigenvalue weighted by atomic mass is 35.5. The van der Waals surface area contributed by atoms with E-state index in [1.54, 1.807) is 24.8 Å². The van der Waals surface area contributed by atoms with Crippen LogP contribution in [0.2, 0.25) is 10.0 Å². The molecule has 4 aromatic rings. The topological polar surface area (TPSA) is 93.6 Å². The van der Waals surface area contributed by atoms with Crippen LogP contribution < -0.4 is 9.47 Å². The van der Waals surface area contributed by atoms with E-state index in [1.165, 1.54) is 0 Å². The Bertz CT molecular complexity index is 1760. The zero-order valence-electron chi connectivity index (χ0n) is 33.9. The van der Waals surface area contributed by atoms with E-state index >= 15 is 4.79 Å². The molecule has 0 aliphatic carbocycles. The van der Waals surface area contributed by atoms with Gasteiger partial charge in [0.25, 0.3) is 0 Å². The molecule has 2 aliphatic rings. The van der Waals surface area contributed by atoms with E-state index in [-0.39, 0.29) is 34.9 Å². The van der Waals surface area contributed by atoms with Crippen LogP contribution in [-0.4, -0.2) is 72.9 Å². The van der Waals surface area contributed by atoms with E-state index in [9.17, 15) is 0 Å². The summed E-state index contributed by atoms with van der Waals surface area (Å²) in [6.07, 6.45) is 11.7.